The van der Waals surface area contributed by atoms with Gasteiger partial charge in [0.2, 0.25) is 0 Å². The van der Waals surface area contributed by atoms with Crippen LogP contribution in [0.3, 0.4) is 0 Å². The molecule has 0 spiro atoms. The molecule has 0 fully saturated rings. The van der Waals surface area contributed by atoms with Crippen LogP contribution in [0.2, 0.25) is 0 Å². The standard InChI is InChI=1S/C14H18N2O5/c1-8-4-9(2)6-10(5-8)16(3)14(21)15-11(13(19)20)7-12(17)18/h4-6,11H,7H2,1-3H3,(H,15,21)(H,17,18)(H,19,20). The third-order valence-electron chi connectivity index (χ3n) is 2.87. The van der Waals surface area contributed by atoms with Gasteiger partial charge in [-0.1, -0.05) is 6.07 Å². The molecule has 0 saturated heterocycles. The fourth-order valence-electron chi connectivity index (χ4n) is 1.88. The predicted molar refractivity (Wildman–Crippen MR) is 76.5 cm³/mol. The van der Waals surface area contributed by atoms with Crippen molar-refractivity contribution in [3.05, 3.63) is 29.3 Å². The molecule has 7 nitrogen and oxygen atoms in total. The predicted octanol–water partition coefficient (Wildman–Crippen LogP) is 1.38. The molecule has 0 heterocycles. The van der Waals surface area contributed by atoms with Gasteiger partial charge >= 0.3 is 18.0 Å². The van der Waals surface area contributed by atoms with Crippen molar-refractivity contribution in [1.29, 1.82) is 0 Å². The van der Waals surface area contributed by atoms with Gasteiger partial charge in [-0.25, -0.2) is 9.59 Å². The first kappa shape index (κ1) is 16.5. The van der Waals surface area contributed by atoms with E-state index in [1.165, 1.54) is 11.9 Å². The molecule has 0 radical (unpaired) electrons. The molecule has 0 aromatic heterocycles. The first-order valence-corrected chi connectivity index (χ1v) is 6.28. The summed E-state index contributed by atoms with van der Waals surface area (Å²) in [6.07, 6.45) is -0.679. The first-order chi connectivity index (χ1) is 9.70. The molecule has 0 saturated carbocycles. The summed E-state index contributed by atoms with van der Waals surface area (Å²) in [5.41, 5.74) is 2.53. The Hall–Kier alpha value is -2.57. The van der Waals surface area contributed by atoms with E-state index in [9.17, 15) is 14.4 Å². The number of amides is 2. The minimum atomic E-state index is -1.47. The van der Waals surface area contributed by atoms with Crippen LogP contribution >= 0.6 is 0 Å². The molecular formula is C14H18N2O5. The second-order valence-corrected chi connectivity index (χ2v) is 4.84. The number of hydrogen-bond acceptors (Lipinski definition) is 3. The number of nitrogens with one attached hydrogen (secondary N) is 1. The van der Waals surface area contributed by atoms with Crippen LogP contribution in [-0.2, 0) is 9.59 Å². The van der Waals surface area contributed by atoms with Crippen LogP contribution in [0.15, 0.2) is 18.2 Å². The highest BCUT2D eigenvalue weighted by Crippen LogP contribution is 2.17. The number of rotatable bonds is 5. The largest absolute Gasteiger partial charge is 0.481 e. The molecule has 1 unspecified atom stereocenters. The number of urea groups is 1. The minimum absolute atomic E-state index is 0.601. The Balaban J connectivity index is 2.86. The maximum absolute atomic E-state index is 12.0. The lowest BCUT2D eigenvalue weighted by atomic mass is 10.1. The quantitative estimate of drug-likeness (QED) is 0.760. The van der Waals surface area contributed by atoms with E-state index in [2.05, 4.69) is 5.32 Å². The molecule has 1 aromatic rings. The van der Waals surface area contributed by atoms with Gasteiger partial charge in [0.1, 0.15) is 6.04 Å². The lowest BCUT2D eigenvalue weighted by Crippen LogP contribution is -2.47. The van der Waals surface area contributed by atoms with Crippen LogP contribution in [0.1, 0.15) is 17.5 Å². The molecule has 1 aromatic carbocycles. The zero-order chi connectivity index (χ0) is 16.2. The second kappa shape index (κ2) is 6.74. The number of aliphatic carboxylic acids is 2. The summed E-state index contributed by atoms with van der Waals surface area (Å²) >= 11 is 0. The zero-order valence-corrected chi connectivity index (χ0v) is 12.1. The summed E-state index contributed by atoms with van der Waals surface area (Å²) in [5.74, 6) is -2.68. The number of hydrogen-bond donors (Lipinski definition) is 3. The molecule has 2 amide bonds. The van der Waals surface area contributed by atoms with Gasteiger partial charge in [-0.3, -0.25) is 9.69 Å². The van der Waals surface area contributed by atoms with Gasteiger partial charge in [0.25, 0.3) is 0 Å². The molecule has 0 bridgehead atoms. The van der Waals surface area contributed by atoms with Crippen LogP contribution < -0.4 is 10.2 Å². The van der Waals surface area contributed by atoms with E-state index in [4.69, 9.17) is 10.2 Å². The van der Waals surface area contributed by atoms with E-state index in [0.717, 1.165) is 11.1 Å². The Labute approximate surface area is 122 Å². The Bertz CT molecular complexity index is 550. The molecular weight excluding hydrogens is 276 g/mol. The van der Waals surface area contributed by atoms with Crippen molar-refractivity contribution in [2.45, 2.75) is 26.3 Å². The summed E-state index contributed by atoms with van der Waals surface area (Å²) in [6, 6.07) is 3.36. The third-order valence-corrected chi connectivity index (χ3v) is 2.87. The van der Waals surface area contributed by atoms with Crippen molar-refractivity contribution < 1.29 is 24.6 Å². The van der Waals surface area contributed by atoms with Crippen molar-refractivity contribution in [3.8, 4) is 0 Å². The summed E-state index contributed by atoms with van der Waals surface area (Å²) in [4.78, 5) is 34.8. The highest BCUT2D eigenvalue weighted by atomic mass is 16.4. The molecule has 0 aliphatic carbocycles. The molecule has 21 heavy (non-hydrogen) atoms. The summed E-state index contributed by atoms with van der Waals surface area (Å²) in [5, 5.41) is 19.8. The first-order valence-electron chi connectivity index (χ1n) is 6.28. The van der Waals surface area contributed by atoms with Crippen molar-refractivity contribution in [2.24, 2.45) is 0 Å². The van der Waals surface area contributed by atoms with Gasteiger partial charge in [-0.05, 0) is 37.1 Å². The van der Waals surface area contributed by atoms with E-state index >= 15 is 0 Å². The van der Waals surface area contributed by atoms with Crippen molar-refractivity contribution in [2.75, 3.05) is 11.9 Å². The van der Waals surface area contributed by atoms with Crippen LogP contribution in [0, 0.1) is 13.8 Å². The van der Waals surface area contributed by atoms with Gasteiger partial charge in [-0.2, -0.15) is 0 Å². The fraction of sp³-hybridized carbons (Fsp3) is 0.357. The van der Waals surface area contributed by atoms with Crippen LogP contribution in [0.4, 0.5) is 10.5 Å². The highest BCUT2D eigenvalue weighted by molar-refractivity contribution is 5.95. The molecule has 114 valence electrons. The minimum Gasteiger partial charge on any atom is -0.481 e. The number of carbonyl (C=O) groups is 3. The monoisotopic (exact) mass is 294 g/mol. The Kier molecular flexibility index (Phi) is 5.29. The normalized spacial score (nSPS) is 11.6. The number of carboxylic acids is 2. The Morgan fingerprint density at radius 3 is 2.10 bits per heavy atom. The molecule has 7 heteroatoms. The van der Waals surface area contributed by atoms with Gasteiger partial charge < -0.3 is 15.5 Å². The molecule has 0 aliphatic rings. The average molecular weight is 294 g/mol. The van der Waals surface area contributed by atoms with E-state index in [1.54, 1.807) is 12.1 Å². The summed E-state index contributed by atoms with van der Waals surface area (Å²) in [6.45, 7) is 3.76. The van der Waals surface area contributed by atoms with Crippen LogP contribution in [0.5, 0.6) is 0 Å². The number of carbonyl (C=O) groups excluding carboxylic acids is 1. The fourth-order valence-corrected chi connectivity index (χ4v) is 1.88. The lowest BCUT2D eigenvalue weighted by molar-refractivity contribution is -0.145. The number of aryl methyl sites for hydroxylation is 2. The topological polar surface area (TPSA) is 107 Å². The van der Waals surface area contributed by atoms with E-state index in [0.29, 0.717) is 5.69 Å². The number of carboxylic acid groups (broad SMARTS) is 2. The van der Waals surface area contributed by atoms with Gasteiger partial charge in [-0.15, -0.1) is 0 Å². The van der Waals surface area contributed by atoms with Crippen LogP contribution in [-0.4, -0.2) is 41.3 Å². The Morgan fingerprint density at radius 2 is 1.67 bits per heavy atom. The second-order valence-electron chi connectivity index (χ2n) is 4.84. The SMILES string of the molecule is Cc1cc(C)cc(N(C)C(=O)NC(CC(=O)O)C(=O)O)c1. The molecule has 1 rings (SSSR count). The number of benzene rings is 1. The zero-order valence-electron chi connectivity index (χ0n) is 12.1. The summed E-state index contributed by atoms with van der Waals surface area (Å²) < 4.78 is 0. The van der Waals surface area contributed by atoms with Gasteiger partial charge in [0, 0.05) is 12.7 Å². The number of nitrogens with zero attached hydrogens (tertiary/aromatic N) is 1. The van der Waals surface area contributed by atoms with Crippen molar-refractivity contribution in [3.63, 3.8) is 0 Å². The van der Waals surface area contributed by atoms with Crippen LogP contribution in [0.25, 0.3) is 0 Å². The van der Waals surface area contributed by atoms with Crippen molar-refractivity contribution >= 4 is 23.7 Å². The van der Waals surface area contributed by atoms with Gasteiger partial charge in [0.15, 0.2) is 0 Å². The van der Waals surface area contributed by atoms with E-state index < -0.39 is 30.4 Å². The summed E-state index contributed by atoms with van der Waals surface area (Å²) in [7, 11) is 1.49. The smallest absolute Gasteiger partial charge is 0.326 e. The lowest BCUT2D eigenvalue weighted by Gasteiger charge is -2.21. The maximum atomic E-state index is 12.0. The molecule has 1 atom stereocenters. The van der Waals surface area contributed by atoms with Crippen molar-refractivity contribution in [1.82, 2.24) is 5.32 Å². The average Bonchev–Trinajstić information content (AvgIpc) is 2.35. The molecule has 0 aliphatic heterocycles. The van der Waals surface area contributed by atoms with Gasteiger partial charge in [0.05, 0.1) is 6.42 Å². The maximum Gasteiger partial charge on any atom is 0.326 e. The van der Waals surface area contributed by atoms with E-state index in [-0.39, 0.29) is 0 Å². The third kappa shape index (κ3) is 4.79. The van der Waals surface area contributed by atoms with E-state index in [1.807, 2.05) is 19.9 Å². The number of anilines is 1. The highest BCUT2D eigenvalue weighted by Gasteiger charge is 2.24. The Morgan fingerprint density at radius 1 is 1.14 bits per heavy atom. The molecule has 3 N–H and O–H groups in total.